The average molecular weight is 290 g/mol. The van der Waals surface area contributed by atoms with Gasteiger partial charge in [0.15, 0.2) is 11.5 Å². The van der Waals surface area contributed by atoms with E-state index in [1.807, 2.05) is 18.2 Å². The van der Waals surface area contributed by atoms with Crippen molar-refractivity contribution in [1.82, 2.24) is 9.97 Å². The first-order valence-corrected chi connectivity index (χ1v) is 7.00. The average Bonchev–Trinajstić information content (AvgIpc) is 2.62. The minimum Gasteiger partial charge on any atom is -0.490 e. The monoisotopic (exact) mass is 290 g/mol. The van der Waals surface area contributed by atoms with Crippen LogP contribution in [0.3, 0.4) is 0 Å². The van der Waals surface area contributed by atoms with Gasteiger partial charge in [-0.15, -0.1) is 0 Å². The van der Waals surface area contributed by atoms with E-state index in [0.717, 1.165) is 22.8 Å². The Morgan fingerprint density at radius 2 is 1.80 bits per heavy atom. The molecule has 104 valence electrons. The van der Waals surface area contributed by atoms with Gasteiger partial charge in [0.2, 0.25) is 5.95 Å². The lowest BCUT2D eigenvalue weighted by Crippen LogP contribution is -1.99. The van der Waals surface area contributed by atoms with Crippen molar-refractivity contribution in [2.45, 2.75) is 16.3 Å². The highest BCUT2D eigenvalue weighted by molar-refractivity contribution is 7.99. The molecule has 0 radical (unpaired) electrons. The van der Waals surface area contributed by atoms with Gasteiger partial charge >= 0.3 is 0 Å². The summed E-state index contributed by atoms with van der Waals surface area (Å²) in [6.07, 6.45) is 0.885. The molecule has 1 aliphatic rings. The zero-order chi connectivity index (χ0) is 13.9. The summed E-state index contributed by atoms with van der Waals surface area (Å²) >= 11 is 1.45. The lowest BCUT2D eigenvalue weighted by Gasteiger charge is -2.09. The summed E-state index contributed by atoms with van der Waals surface area (Å²) in [5.41, 5.74) is 11.2. The molecule has 0 atom stereocenters. The molecule has 0 saturated heterocycles. The smallest absolute Gasteiger partial charge is 0.223 e. The molecule has 1 aromatic carbocycles. The summed E-state index contributed by atoms with van der Waals surface area (Å²) in [7, 11) is 0. The van der Waals surface area contributed by atoms with E-state index in [9.17, 15) is 0 Å². The number of anilines is 2. The number of aromatic nitrogens is 2. The second-order valence-corrected chi connectivity index (χ2v) is 5.34. The molecule has 0 aliphatic carbocycles. The summed E-state index contributed by atoms with van der Waals surface area (Å²) in [6.45, 7) is 1.34. The van der Waals surface area contributed by atoms with E-state index >= 15 is 0 Å². The van der Waals surface area contributed by atoms with Crippen LogP contribution < -0.4 is 20.9 Å². The molecule has 2 heterocycles. The predicted octanol–water partition coefficient (Wildman–Crippen LogP) is 1.95. The Labute approximate surface area is 120 Å². The van der Waals surface area contributed by atoms with Crippen LogP contribution in [0.1, 0.15) is 6.42 Å². The van der Waals surface area contributed by atoms with Gasteiger partial charge in [0.25, 0.3) is 0 Å². The van der Waals surface area contributed by atoms with Crippen molar-refractivity contribution in [2.75, 3.05) is 24.7 Å². The van der Waals surface area contributed by atoms with Gasteiger partial charge in [-0.2, -0.15) is 4.98 Å². The van der Waals surface area contributed by atoms with Crippen molar-refractivity contribution in [3.8, 4) is 11.5 Å². The summed E-state index contributed by atoms with van der Waals surface area (Å²) < 4.78 is 11.2. The Hall–Kier alpha value is -2.15. The standard InChI is InChI=1S/C13H14N4O2S/c14-11-7-12(17-13(15)16-11)20-8-2-3-9-10(6-8)19-5-1-4-18-9/h2-3,6-7H,1,4-5H2,(H4,14,15,16,17). The van der Waals surface area contributed by atoms with E-state index < -0.39 is 0 Å². The third kappa shape index (κ3) is 2.88. The molecule has 0 bridgehead atoms. The zero-order valence-corrected chi connectivity index (χ0v) is 11.5. The van der Waals surface area contributed by atoms with Crippen LogP contribution in [0.4, 0.5) is 11.8 Å². The minimum absolute atomic E-state index is 0.168. The van der Waals surface area contributed by atoms with Crippen molar-refractivity contribution >= 4 is 23.5 Å². The predicted molar refractivity (Wildman–Crippen MR) is 77.0 cm³/mol. The molecule has 0 fully saturated rings. The molecule has 20 heavy (non-hydrogen) atoms. The van der Waals surface area contributed by atoms with Crippen molar-refractivity contribution in [3.05, 3.63) is 24.3 Å². The highest BCUT2D eigenvalue weighted by Crippen LogP contribution is 2.36. The Kier molecular flexibility index (Phi) is 3.51. The molecule has 4 N–H and O–H groups in total. The zero-order valence-electron chi connectivity index (χ0n) is 10.7. The molecule has 7 heteroatoms. The van der Waals surface area contributed by atoms with Crippen LogP contribution >= 0.6 is 11.8 Å². The number of benzene rings is 1. The fraction of sp³-hybridized carbons (Fsp3) is 0.231. The van der Waals surface area contributed by atoms with E-state index in [-0.39, 0.29) is 5.95 Å². The normalized spacial score (nSPS) is 13.8. The number of rotatable bonds is 2. The Morgan fingerprint density at radius 3 is 2.60 bits per heavy atom. The Morgan fingerprint density at radius 1 is 1.00 bits per heavy atom. The number of nitrogens with zero attached hydrogens (tertiary/aromatic N) is 2. The summed E-state index contributed by atoms with van der Waals surface area (Å²) in [5.74, 6) is 2.05. The molecule has 3 rings (SSSR count). The third-order valence-electron chi connectivity index (χ3n) is 2.68. The number of fused-ring (bicyclic) bond motifs is 1. The van der Waals surface area contributed by atoms with E-state index in [2.05, 4.69) is 9.97 Å². The van der Waals surface area contributed by atoms with Crippen molar-refractivity contribution in [2.24, 2.45) is 0 Å². The van der Waals surface area contributed by atoms with Gasteiger partial charge in [0, 0.05) is 17.4 Å². The number of nitrogens with two attached hydrogens (primary N) is 2. The summed E-state index contributed by atoms with van der Waals surface area (Å²) in [6, 6.07) is 7.47. The Bertz CT molecular complexity index is 616. The van der Waals surface area contributed by atoms with Gasteiger partial charge < -0.3 is 20.9 Å². The van der Waals surface area contributed by atoms with Gasteiger partial charge in [-0.3, -0.25) is 0 Å². The molecular weight excluding hydrogens is 276 g/mol. The van der Waals surface area contributed by atoms with E-state index in [1.54, 1.807) is 6.07 Å². The molecular formula is C13H14N4O2S. The van der Waals surface area contributed by atoms with E-state index in [4.69, 9.17) is 20.9 Å². The van der Waals surface area contributed by atoms with Crippen molar-refractivity contribution in [3.63, 3.8) is 0 Å². The number of hydrogen-bond acceptors (Lipinski definition) is 7. The third-order valence-corrected chi connectivity index (χ3v) is 3.59. The SMILES string of the molecule is Nc1cc(Sc2ccc3c(c2)OCCCO3)nc(N)n1. The van der Waals surface area contributed by atoms with Crippen LogP contribution in [0.25, 0.3) is 0 Å². The molecule has 0 saturated carbocycles. The Balaban J connectivity index is 1.85. The lowest BCUT2D eigenvalue weighted by molar-refractivity contribution is 0.297. The van der Waals surface area contributed by atoms with Crippen LogP contribution in [0.2, 0.25) is 0 Å². The topological polar surface area (TPSA) is 96.3 Å². The second kappa shape index (κ2) is 5.46. The molecule has 1 aromatic heterocycles. The summed E-state index contributed by atoms with van der Waals surface area (Å²) in [5, 5.41) is 0.699. The fourth-order valence-corrected chi connectivity index (χ4v) is 2.70. The molecule has 0 spiro atoms. The molecule has 6 nitrogen and oxygen atoms in total. The first-order valence-electron chi connectivity index (χ1n) is 6.18. The number of ether oxygens (including phenoxy) is 2. The number of hydrogen-bond donors (Lipinski definition) is 2. The molecule has 0 unspecified atom stereocenters. The van der Waals surface area contributed by atoms with E-state index in [0.29, 0.717) is 24.1 Å². The number of nitrogen functional groups attached to an aromatic ring is 2. The van der Waals surface area contributed by atoms with Gasteiger partial charge in [-0.05, 0) is 18.2 Å². The minimum atomic E-state index is 0.168. The maximum Gasteiger partial charge on any atom is 0.223 e. The quantitative estimate of drug-likeness (QED) is 0.816. The molecule has 1 aliphatic heterocycles. The van der Waals surface area contributed by atoms with Gasteiger partial charge in [0.1, 0.15) is 10.8 Å². The van der Waals surface area contributed by atoms with Gasteiger partial charge in [0.05, 0.1) is 13.2 Å². The maximum atomic E-state index is 5.66. The lowest BCUT2D eigenvalue weighted by atomic mass is 10.3. The summed E-state index contributed by atoms with van der Waals surface area (Å²) in [4.78, 5) is 8.96. The highest BCUT2D eigenvalue weighted by atomic mass is 32.2. The highest BCUT2D eigenvalue weighted by Gasteiger charge is 2.12. The van der Waals surface area contributed by atoms with E-state index in [1.165, 1.54) is 11.8 Å². The van der Waals surface area contributed by atoms with Gasteiger partial charge in [-0.1, -0.05) is 11.8 Å². The molecule has 0 amide bonds. The van der Waals surface area contributed by atoms with Crippen LogP contribution in [0.15, 0.2) is 34.2 Å². The van der Waals surface area contributed by atoms with Crippen LogP contribution in [-0.2, 0) is 0 Å². The largest absolute Gasteiger partial charge is 0.490 e. The second-order valence-electron chi connectivity index (χ2n) is 4.25. The van der Waals surface area contributed by atoms with Crippen LogP contribution in [0.5, 0.6) is 11.5 Å². The maximum absolute atomic E-state index is 5.66. The first-order chi connectivity index (χ1) is 9.70. The van der Waals surface area contributed by atoms with Crippen LogP contribution in [0, 0.1) is 0 Å². The molecule has 2 aromatic rings. The van der Waals surface area contributed by atoms with Crippen molar-refractivity contribution < 1.29 is 9.47 Å². The van der Waals surface area contributed by atoms with Crippen LogP contribution in [-0.4, -0.2) is 23.2 Å². The first kappa shape index (κ1) is 12.9. The fourth-order valence-electron chi connectivity index (χ4n) is 1.84. The van der Waals surface area contributed by atoms with Gasteiger partial charge in [-0.25, -0.2) is 4.98 Å². The van der Waals surface area contributed by atoms with Crippen molar-refractivity contribution in [1.29, 1.82) is 0 Å².